The normalized spacial score (nSPS) is 10.9. The first-order chi connectivity index (χ1) is 8.15. The quantitative estimate of drug-likeness (QED) is 0.713. The van der Waals surface area contributed by atoms with Gasteiger partial charge in [-0.15, -0.1) is 0 Å². The van der Waals surface area contributed by atoms with Crippen LogP contribution in [0.2, 0.25) is 0 Å². The highest BCUT2D eigenvalue weighted by Crippen LogP contribution is 2.12. The van der Waals surface area contributed by atoms with Gasteiger partial charge in [0.15, 0.2) is 0 Å². The number of nitrogens with one attached hydrogen (secondary N) is 2. The Kier molecular flexibility index (Phi) is 5.98. The van der Waals surface area contributed by atoms with E-state index in [-0.39, 0.29) is 0 Å². The minimum Gasteiger partial charge on any atom is -0.368 e. The van der Waals surface area contributed by atoms with Gasteiger partial charge in [-0.3, -0.25) is 0 Å². The van der Waals surface area contributed by atoms with Crippen LogP contribution < -0.4 is 10.6 Å². The van der Waals surface area contributed by atoms with Crippen LogP contribution in [0.15, 0.2) is 12.1 Å². The molecule has 0 amide bonds. The van der Waals surface area contributed by atoms with E-state index in [1.54, 1.807) is 0 Å². The van der Waals surface area contributed by atoms with Crippen LogP contribution in [0.3, 0.4) is 0 Å². The van der Waals surface area contributed by atoms with Gasteiger partial charge in [0, 0.05) is 18.3 Å². The van der Waals surface area contributed by atoms with Crippen molar-refractivity contribution in [2.45, 2.75) is 53.1 Å². The minimum absolute atomic E-state index is 0.422. The lowest BCUT2D eigenvalue weighted by Gasteiger charge is -2.12. The molecular formula is C14H25N3. The van der Waals surface area contributed by atoms with E-state index < -0.39 is 0 Å². The molecule has 0 atom stereocenters. The standard InChI is InChI=1S/C14H25N3/c1-5-7-15-10-12-8-13(6-2)17-14(9-12)16-11(3)4/h8-9,11,15H,5-7,10H2,1-4H3,(H,16,17). The highest BCUT2D eigenvalue weighted by atomic mass is 15.0. The van der Waals surface area contributed by atoms with E-state index in [9.17, 15) is 0 Å². The van der Waals surface area contributed by atoms with Crippen LogP contribution in [-0.4, -0.2) is 17.6 Å². The number of hydrogen-bond donors (Lipinski definition) is 2. The summed E-state index contributed by atoms with van der Waals surface area (Å²) in [5, 5.41) is 6.80. The molecule has 0 fully saturated rings. The van der Waals surface area contributed by atoms with Crippen molar-refractivity contribution in [2.75, 3.05) is 11.9 Å². The fraction of sp³-hybridized carbons (Fsp3) is 0.643. The predicted octanol–water partition coefficient (Wildman–Crippen LogP) is 2.96. The molecule has 2 N–H and O–H groups in total. The molecule has 1 rings (SSSR count). The van der Waals surface area contributed by atoms with E-state index in [0.717, 1.165) is 31.0 Å². The van der Waals surface area contributed by atoms with E-state index in [1.165, 1.54) is 12.0 Å². The van der Waals surface area contributed by atoms with Gasteiger partial charge in [0.05, 0.1) is 0 Å². The fourth-order valence-electron chi connectivity index (χ4n) is 1.71. The highest BCUT2D eigenvalue weighted by Gasteiger charge is 2.03. The Balaban J connectivity index is 2.74. The molecule has 3 heteroatoms. The van der Waals surface area contributed by atoms with Crippen LogP contribution in [0.4, 0.5) is 5.82 Å². The molecule has 0 saturated carbocycles. The van der Waals surface area contributed by atoms with Gasteiger partial charge < -0.3 is 10.6 Å². The number of aromatic nitrogens is 1. The van der Waals surface area contributed by atoms with Crippen LogP contribution in [0.5, 0.6) is 0 Å². The van der Waals surface area contributed by atoms with Crippen molar-refractivity contribution in [1.82, 2.24) is 10.3 Å². The second kappa shape index (κ2) is 7.28. The van der Waals surface area contributed by atoms with Gasteiger partial charge in [-0.2, -0.15) is 0 Å². The Labute approximate surface area is 105 Å². The Morgan fingerprint density at radius 3 is 2.59 bits per heavy atom. The van der Waals surface area contributed by atoms with E-state index in [2.05, 4.69) is 55.4 Å². The fourth-order valence-corrected chi connectivity index (χ4v) is 1.71. The molecule has 0 aliphatic rings. The van der Waals surface area contributed by atoms with E-state index in [0.29, 0.717) is 6.04 Å². The predicted molar refractivity (Wildman–Crippen MR) is 74.4 cm³/mol. The van der Waals surface area contributed by atoms with Crippen molar-refractivity contribution >= 4 is 5.82 Å². The SMILES string of the molecule is CCCNCc1cc(CC)nc(NC(C)C)c1. The highest BCUT2D eigenvalue weighted by molar-refractivity contribution is 5.40. The Hall–Kier alpha value is -1.09. The second-order valence-corrected chi connectivity index (χ2v) is 4.68. The zero-order chi connectivity index (χ0) is 12.7. The Bertz CT molecular complexity index is 334. The molecule has 0 spiro atoms. The van der Waals surface area contributed by atoms with E-state index >= 15 is 0 Å². The minimum atomic E-state index is 0.422. The third kappa shape index (κ3) is 5.18. The molecule has 3 nitrogen and oxygen atoms in total. The summed E-state index contributed by atoms with van der Waals surface area (Å²) >= 11 is 0. The molecular weight excluding hydrogens is 210 g/mol. The number of anilines is 1. The zero-order valence-electron chi connectivity index (χ0n) is 11.5. The van der Waals surface area contributed by atoms with Gasteiger partial charge in [-0.1, -0.05) is 13.8 Å². The first kappa shape index (κ1) is 14.0. The number of aryl methyl sites for hydroxylation is 1. The van der Waals surface area contributed by atoms with Gasteiger partial charge in [0.25, 0.3) is 0 Å². The van der Waals surface area contributed by atoms with Crippen molar-refractivity contribution < 1.29 is 0 Å². The number of rotatable bonds is 7. The molecule has 0 bridgehead atoms. The summed E-state index contributed by atoms with van der Waals surface area (Å²) in [5.41, 5.74) is 2.47. The largest absolute Gasteiger partial charge is 0.368 e. The Morgan fingerprint density at radius 1 is 1.24 bits per heavy atom. The van der Waals surface area contributed by atoms with Gasteiger partial charge in [-0.05, 0) is 50.9 Å². The lowest BCUT2D eigenvalue weighted by Crippen LogP contribution is -2.16. The van der Waals surface area contributed by atoms with Crippen molar-refractivity contribution in [3.63, 3.8) is 0 Å². The maximum absolute atomic E-state index is 4.58. The van der Waals surface area contributed by atoms with Crippen molar-refractivity contribution in [1.29, 1.82) is 0 Å². The zero-order valence-corrected chi connectivity index (χ0v) is 11.5. The lowest BCUT2D eigenvalue weighted by molar-refractivity contribution is 0.674. The van der Waals surface area contributed by atoms with Crippen LogP contribution >= 0.6 is 0 Å². The molecule has 1 aromatic rings. The maximum atomic E-state index is 4.58. The van der Waals surface area contributed by atoms with Crippen molar-refractivity contribution in [3.8, 4) is 0 Å². The third-order valence-corrected chi connectivity index (χ3v) is 2.49. The first-order valence-corrected chi connectivity index (χ1v) is 6.62. The number of nitrogens with zero attached hydrogens (tertiary/aromatic N) is 1. The van der Waals surface area contributed by atoms with Crippen molar-refractivity contribution in [3.05, 3.63) is 23.4 Å². The molecule has 0 aliphatic carbocycles. The summed E-state index contributed by atoms with van der Waals surface area (Å²) < 4.78 is 0. The molecule has 96 valence electrons. The molecule has 17 heavy (non-hydrogen) atoms. The van der Waals surface area contributed by atoms with Gasteiger partial charge in [0.2, 0.25) is 0 Å². The second-order valence-electron chi connectivity index (χ2n) is 4.68. The van der Waals surface area contributed by atoms with E-state index in [1.807, 2.05) is 0 Å². The lowest BCUT2D eigenvalue weighted by atomic mass is 10.2. The molecule has 0 unspecified atom stereocenters. The third-order valence-electron chi connectivity index (χ3n) is 2.49. The van der Waals surface area contributed by atoms with Crippen LogP contribution in [0, 0.1) is 0 Å². The van der Waals surface area contributed by atoms with E-state index in [4.69, 9.17) is 0 Å². The number of pyridine rings is 1. The summed E-state index contributed by atoms with van der Waals surface area (Å²) in [6.45, 7) is 10.6. The van der Waals surface area contributed by atoms with Crippen molar-refractivity contribution in [2.24, 2.45) is 0 Å². The van der Waals surface area contributed by atoms with Crippen LogP contribution in [-0.2, 0) is 13.0 Å². The topological polar surface area (TPSA) is 37.0 Å². The summed E-state index contributed by atoms with van der Waals surface area (Å²) in [7, 11) is 0. The Morgan fingerprint density at radius 2 is 2.00 bits per heavy atom. The number of hydrogen-bond acceptors (Lipinski definition) is 3. The molecule has 0 saturated heterocycles. The monoisotopic (exact) mass is 235 g/mol. The van der Waals surface area contributed by atoms with Crippen LogP contribution in [0.1, 0.15) is 45.4 Å². The summed E-state index contributed by atoms with van der Waals surface area (Å²) in [4.78, 5) is 4.58. The van der Waals surface area contributed by atoms with Gasteiger partial charge >= 0.3 is 0 Å². The molecule has 0 aromatic carbocycles. The smallest absolute Gasteiger partial charge is 0.126 e. The molecule has 1 aromatic heterocycles. The van der Waals surface area contributed by atoms with Gasteiger partial charge in [-0.25, -0.2) is 4.98 Å². The van der Waals surface area contributed by atoms with Gasteiger partial charge in [0.1, 0.15) is 5.82 Å². The summed E-state index contributed by atoms with van der Waals surface area (Å²) in [5.74, 6) is 0.993. The summed E-state index contributed by atoms with van der Waals surface area (Å²) in [6, 6.07) is 4.75. The summed E-state index contributed by atoms with van der Waals surface area (Å²) in [6.07, 6.45) is 2.15. The molecule has 0 radical (unpaired) electrons. The molecule has 0 aliphatic heterocycles. The first-order valence-electron chi connectivity index (χ1n) is 6.62. The maximum Gasteiger partial charge on any atom is 0.126 e. The molecule has 1 heterocycles. The van der Waals surface area contributed by atoms with Crippen LogP contribution in [0.25, 0.3) is 0 Å². The average Bonchev–Trinajstić information content (AvgIpc) is 2.28. The average molecular weight is 235 g/mol.